The van der Waals surface area contributed by atoms with Crippen molar-refractivity contribution in [2.24, 2.45) is 0 Å². The van der Waals surface area contributed by atoms with Crippen LogP contribution < -0.4 is 10.6 Å². The van der Waals surface area contributed by atoms with Gasteiger partial charge < -0.3 is 10.6 Å². The second kappa shape index (κ2) is 5.99. The predicted octanol–water partition coefficient (Wildman–Crippen LogP) is 1.20. The van der Waals surface area contributed by atoms with Crippen LogP contribution in [0.25, 0.3) is 0 Å². The first-order valence-electron chi connectivity index (χ1n) is 6.97. The smallest absolute Gasteiger partial charge is 0.0153 e. The highest BCUT2D eigenvalue weighted by molar-refractivity contribution is 4.86. The van der Waals surface area contributed by atoms with Gasteiger partial charge in [0.25, 0.3) is 0 Å². The third-order valence-electron chi connectivity index (χ3n) is 4.15. The Kier molecular flexibility index (Phi) is 4.62. The maximum atomic E-state index is 3.78. The number of hydrogen-bond acceptors (Lipinski definition) is 3. The lowest BCUT2D eigenvalue weighted by Gasteiger charge is -2.36. The molecule has 0 unspecified atom stereocenters. The van der Waals surface area contributed by atoms with Gasteiger partial charge in [0.1, 0.15) is 0 Å². The van der Waals surface area contributed by atoms with Gasteiger partial charge in [0.2, 0.25) is 0 Å². The van der Waals surface area contributed by atoms with Gasteiger partial charge in [0.15, 0.2) is 0 Å². The van der Waals surface area contributed by atoms with Gasteiger partial charge in [-0.25, -0.2) is 0 Å². The second-order valence-electron chi connectivity index (χ2n) is 5.64. The zero-order valence-electron chi connectivity index (χ0n) is 10.7. The van der Waals surface area contributed by atoms with E-state index in [0.29, 0.717) is 5.54 Å². The van der Waals surface area contributed by atoms with E-state index in [-0.39, 0.29) is 0 Å². The van der Waals surface area contributed by atoms with Crippen LogP contribution in [0.15, 0.2) is 0 Å². The lowest BCUT2D eigenvalue weighted by molar-refractivity contribution is 0.208. The van der Waals surface area contributed by atoms with E-state index in [0.717, 1.165) is 19.6 Å². The molecular weight excluding hydrogens is 198 g/mol. The van der Waals surface area contributed by atoms with Crippen LogP contribution in [0.2, 0.25) is 0 Å². The van der Waals surface area contributed by atoms with Crippen molar-refractivity contribution in [3.63, 3.8) is 0 Å². The van der Waals surface area contributed by atoms with E-state index < -0.39 is 0 Å². The average Bonchev–Trinajstić information content (AvgIpc) is 2.31. The van der Waals surface area contributed by atoms with Crippen molar-refractivity contribution in [1.82, 2.24) is 15.5 Å². The van der Waals surface area contributed by atoms with Crippen LogP contribution >= 0.6 is 0 Å². The van der Waals surface area contributed by atoms with Gasteiger partial charge in [-0.05, 0) is 19.8 Å². The van der Waals surface area contributed by atoms with Crippen molar-refractivity contribution < 1.29 is 0 Å². The average molecular weight is 225 g/mol. The third-order valence-corrected chi connectivity index (χ3v) is 4.15. The molecule has 0 amide bonds. The monoisotopic (exact) mass is 225 g/mol. The highest BCUT2D eigenvalue weighted by atomic mass is 15.2. The molecule has 1 aliphatic carbocycles. The molecule has 2 fully saturated rings. The van der Waals surface area contributed by atoms with Gasteiger partial charge in [-0.3, -0.25) is 4.90 Å². The molecule has 0 atom stereocenters. The molecule has 1 saturated heterocycles. The maximum absolute atomic E-state index is 3.78. The summed E-state index contributed by atoms with van der Waals surface area (Å²) >= 11 is 0. The zero-order chi connectivity index (χ0) is 11.3. The Bertz CT molecular complexity index is 193. The number of nitrogens with zero attached hydrogens (tertiary/aromatic N) is 1. The molecule has 2 N–H and O–H groups in total. The fourth-order valence-electron chi connectivity index (χ4n) is 2.96. The largest absolute Gasteiger partial charge is 0.314 e. The Labute approximate surface area is 100.0 Å². The second-order valence-corrected chi connectivity index (χ2v) is 5.64. The Hall–Kier alpha value is -0.120. The normalized spacial score (nSPS) is 26.8. The SMILES string of the molecule is CC1(NCCN2CCNCC2)CCCCC1. The van der Waals surface area contributed by atoms with Gasteiger partial charge in [0, 0.05) is 44.8 Å². The number of piperazine rings is 1. The van der Waals surface area contributed by atoms with Crippen LogP contribution in [-0.4, -0.2) is 49.7 Å². The van der Waals surface area contributed by atoms with Crippen molar-refractivity contribution in [3.05, 3.63) is 0 Å². The first-order valence-corrected chi connectivity index (χ1v) is 6.97. The number of hydrogen-bond donors (Lipinski definition) is 2. The molecule has 3 nitrogen and oxygen atoms in total. The van der Waals surface area contributed by atoms with Crippen molar-refractivity contribution in [3.8, 4) is 0 Å². The van der Waals surface area contributed by atoms with Crippen LogP contribution in [0, 0.1) is 0 Å². The lowest BCUT2D eigenvalue weighted by atomic mass is 9.83. The van der Waals surface area contributed by atoms with Gasteiger partial charge in [-0.15, -0.1) is 0 Å². The molecule has 2 rings (SSSR count). The van der Waals surface area contributed by atoms with Gasteiger partial charge in [-0.2, -0.15) is 0 Å². The summed E-state index contributed by atoms with van der Waals surface area (Å²) in [7, 11) is 0. The molecule has 1 heterocycles. The molecule has 0 spiro atoms. The minimum Gasteiger partial charge on any atom is -0.314 e. The molecule has 1 saturated carbocycles. The molecule has 2 aliphatic rings. The van der Waals surface area contributed by atoms with Gasteiger partial charge in [-0.1, -0.05) is 19.3 Å². The minimum absolute atomic E-state index is 0.437. The number of nitrogens with one attached hydrogen (secondary N) is 2. The summed E-state index contributed by atoms with van der Waals surface area (Å²) in [5.41, 5.74) is 0.437. The highest BCUT2D eigenvalue weighted by Gasteiger charge is 2.25. The van der Waals surface area contributed by atoms with Crippen molar-refractivity contribution in [2.75, 3.05) is 39.3 Å². The molecule has 0 radical (unpaired) electrons. The third kappa shape index (κ3) is 3.72. The Morgan fingerprint density at radius 1 is 1.12 bits per heavy atom. The van der Waals surface area contributed by atoms with Gasteiger partial charge >= 0.3 is 0 Å². The number of rotatable bonds is 4. The summed E-state index contributed by atoms with van der Waals surface area (Å²) in [6.45, 7) is 9.56. The fourth-order valence-corrected chi connectivity index (χ4v) is 2.96. The molecule has 0 aromatic carbocycles. The molecule has 0 bridgehead atoms. The molecule has 0 aromatic heterocycles. The van der Waals surface area contributed by atoms with Crippen molar-refractivity contribution in [1.29, 1.82) is 0 Å². The maximum Gasteiger partial charge on any atom is 0.0153 e. The molecule has 0 aromatic rings. The van der Waals surface area contributed by atoms with Crippen molar-refractivity contribution in [2.45, 2.75) is 44.6 Å². The van der Waals surface area contributed by atoms with Crippen LogP contribution in [0.4, 0.5) is 0 Å². The van der Waals surface area contributed by atoms with E-state index in [1.165, 1.54) is 51.7 Å². The van der Waals surface area contributed by atoms with E-state index in [4.69, 9.17) is 0 Å². The van der Waals surface area contributed by atoms with Crippen LogP contribution in [0.3, 0.4) is 0 Å². The van der Waals surface area contributed by atoms with E-state index in [1.807, 2.05) is 0 Å². The zero-order valence-corrected chi connectivity index (χ0v) is 10.7. The summed E-state index contributed by atoms with van der Waals surface area (Å²) in [5.74, 6) is 0. The van der Waals surface area contributed by atoms with E-state index >= 15 is 0 Å². The van der Waals surface area contributed by atoms with E-state index in [2.05, 4.69) is 22.5 Å². The Morgan fingerprint density at radius 3 is 2.50 bits per heavy atom. The molecule has 3 heteroatoms. The van der Waals surface area contributed by atoms with E-state index in [9.17, 15) is 0 Å². The molecular formula is C13H27N3. The topological polar surface area (TPSA) is 27.3 Å². The predicted molar refractivity (Wildman–Crippen MR) is 68.8 cm³/mol. The standard InChI is InChI=1S/C13H27N3/c1-13(5-3-2-4-6-13)15-9-12-16-10-7-14-8-11-16/h14-15H,2-12H2,1H3. The van der Waals surface area contributed by atoms with Crippen LogP contribution in [0.5, 0.6) is 0 Å². The summed E-state index contributed by atoms with van der Waals surface area (Å²) in [6.07, 6.45) is 7.01. The molecule has 16 heavy (non-hydrogen) atoms. The molecule has 94 valence electrons. The van der Waals surface area contributed by atoms with Crippen LogP contribution in [-0.2, 0) is 0 Å². The van der Waals surface area contributed by atoms with Gasteiger partial charge in [0.05, 0.1) is 0 Å². The fraction of sp³-hybridized carbons (Fsp3) is 1.00. The van der Waals surface area contributed by atoms with Crippen LogP contribution in [0.1, 0.15) is 39.0 Å². The summed E-state index contributed by atoms with van der Waals surface area (Å²) in [5, 5.41) is 7.18. The highest BCUT2D eigenvalue weighted by Crippen LogP contribution is 2.27. The van der Waals surface area contributed by atoms with E-state index in [1.54, 1.807) is 0 Å². The summed E-state index contributed by atoms with van der Waals surface area (Å²) < 4.78 is 0. The first kappa shape index (κ1) is 12.3. The first-order chi connectivity index (χ1) is 7.79. The minimum atomic E-state index is 0.437. The Balaban J connectivity index is 1.62. The quantitative estimate of drug-likeness (QED) is 0.753. The van der Waals surface area contributed by atoms with Crippen molar-refractivity contribution >= 4 is 0 Å². The summed E-state index contributed by atoms with van der Waals surface area (Å²) in [4.78, 5) is 2.57. The lowest BCUT2D eigenvalue weighted by Crippen LogP contribution is -2.50. The molecule has 1 aliphatic heterocycles. The Morgan fingerprint density at radius 2 is 1.81 bits per heavy atom. The summed E-state index contributed by atoms with van der Waals surface area (Å²) in [6, 6.07) is 0.